The molecule has 1 fully saturated rings. The molecule has 0 aromatic carbocycles. The lowest BCUT2D eigenvalue weighted by molar-refractivity contribution is -0.130. The van der Waals surface area contributed by atoms with E-state index in [9.17, 15) is 9.59 Å². The van der Waals surface area contributed by atoms with Crippen LogP contribution in [0.5, 0.6) is 0 Å². The number of rotatable bonds is 3. The normalized spacial score (nSPS) is 15.3. The van der Waals surface area contributed by atoms with Crippen molar-refractivity contribution >= 4 is 29.2 Å². The Morgan fingerprint density at radius 3 is 2.70 bits per heavy atom. The number of carbonyl (C=O) groups excluding carboxylic acids is 2. The Morgan fingerprint density at radius 2 is 2.05 bits per heavy atom. The second-order valence-corrected chi connectivity index (χ2v) is 4.56. The zero-order valence-corrected chi connectivity index (χ0v) is 11.5. The fourth-order valence-electron chi connectivity index (χ4n) is 1.65. The minimum Gasteiger partial charge on any atom is -0.378 e. The molecule has 0 unspecified atom stereocenters. The number of aromatic nitrogens is 1. The van der Waals surface area contributed by atoms with E-state index in [0.29, 0.717) is 37.1 Å². The third-order valence-corrected chi connectivity index (χ3v) is 2.90. The Labute approximate surface area is 121 Å². The van der Waals surface area contributed by atoms with Gasteiger partial charge in [0.15, 0.2) is 0 Å². The van der Waals surface area contributed by atoms with Crippen molar-refractivity contribution in [3.63, 3.8) is 0 Å². The van der Waals surface area contributed by atoms with Crippen LogP contribution in [0.1, 0.15) is 0 Å². The maximum Gasteiger partial charge on any atom is 0.249 e. The zero-order valence-electron chi connectivity index (χ0n) is 10.7. The molecule has 0 spiro atoms. The van der Waals surface area contributed by atoms with Crippen molar-refractivity contribution in [3.8, 4) is 0 Å². The van der Waals surface area contributed by atoms with E-state index in [2.05, 4.69) is 10.3 Å². The summed E-state index contributed by atoms with van der Waals surface area (Å²) in [7, 11) is 0. The van der Waals surface area contributed by atoms with Crippen molar-refractivity contribution < 1.29 is 14.3 Å². The molecule has 1 aliphatic heterocycles. The van der Waals surface area contributed by atoms with Crippen LogP contribution >= 0.6 is 11.6 Å². The van der Waals surface area contributed by atoms with Crippen LogP contribution in [0.2, 0.25) is 5.02 Å². The van der Waals surface area contributed by atoms with E-state index in [1.54, 1.807) is 17.0 Å². The monoisotopic (exact) mass is 295 g/mol. The third-order valence-electron chi connectivity index (χ3n) is 2.68. The third kappa shape index (κ3) is 4.32. The van der Waals surface area contributed by atoms with Crippen LogP contribution < -0.4 is 5.32 Å². The highest BCUT2D eigenvalue weighted by molar-refractivity contribution is 6.30. The van der Waals surface area contributed by atoms with Gasteiger partial charge in [0.05, 0.1) is 18.2 Å². The van der Waals surface area contributed by atoms with Gasteiger partial charge in [-0.2, -0.15) is 0 Å². The van der Waals surface area contributed by atoms with Gasteiger partial charge in [-0.05, 0) is 12.1 Å². The highest BCUT2D eigenvalue weighted by Crippen LogP contribution is 2.09. The van der Waals surface area contributed by atoms with E-state index in [1.807, 2.05) is 0 Å². The van der Waals surface area contributed by atoms with Gasteiger partial charge in [0.1, 0.15) is 5.82 Å². The summed E-state index contributed by atoms with van der Waals surface area (Å²) in [5, 5.41) is 3.02. The van der Waals surface area contributed by atoms with Crippen LogP contribution in [0.3, 0.4) is 0 Å². The maximum atomic E-state index is 11.8. The van der Waals surface area contributed by atoms with E-state index >= 15 is 0 Å². The van der Waals surface area contributed by atoms with Crippen molar-refractivity contribution in [3.05, 3.63) is 35.5 Å². The van der Waals surface area contributed by atoms with Gasteiger partial charge in [-0.1, -0.05) is 11.6 Å². The molecule has 1 aromatic rings. The Balaban J connectivity index is 1.85. The summed E-state index contributed by atoms with van der Waals surface area (Å²) >= 11 is 5.69. The summed E-state index contributed by atoms with van der Waals surface area (Å²) in [4.78, 5) is 28.9. The molecule has 0 aliphatic carbocycles. The van der Waals surface area contributed by atoms with E-state index in [-0.39, 0.29) is 5.91 Å². The molecule has 1 aliphatic rings. The first-order valence-corrected chi connectivity index (χ1v) is 6.50. The van der Waals surface area contributed by atoms with Gasteiger partial charge in [0.25, 0.3) is 0 Å². The molecule has 0 bridgehead atoms. The molecule has 6 nitrogen and oxygen atoms in total. The number of halogens is 1. The topological polar surface area (TPSA) is 71.5 Å². The number of pyridine rings is 1. The molecule has 1 saturated heterocycles. The van der Waals surface area contributed by atoms with E-state index in [1.165, 1.54) is 18.3 Å². The summed E-state index contributed by atoms with van der Waals surface area (Å²) < 4.78 is 5.15. The molecule has 1 aromatic heterocycles. The molecular formula is C13H14ClN3O3. The van der Waals surface area contributed by atoms with Crippen LogP contribution in [0.4, 0.5) is 5.82 Å². The molecule has 0 atom stereocenters. The van der Waals surface area contributed by atoms with E-state index in [0.717, 1.165) is 0 Å². The smallest absolute Gasteiger partial charge is 0.249 e. The fraction of sp³-hybridized carbons (Fsp3) is 0.308. The molecule has 0 radical (unpaired) electrons. The van der Waals surface area contributed by atoms with Crippen molar-refractivity contribution in [2.24, 2.45) is 0 Å². The summed E-state index contributed by atoms with van der Waals surface area (Å²) in [6.45, 7) is 2.15. The molecule has 2 rings (SSSR count). The molecular weight excluding hydrogens is 282 g/mol. The number of morpholine rings is 1. The predicted molar refractivity (Wildman–Crippen MR) is 74.4 cm³/mol. The largest absolute Gasteiger partial charge is 0.378 e. The highest BCUT2D eigenvalue weighted by Gasteiger charge is 2.14. The highest BCUT2D eigenvalue weighted by atomic mass is 35.5. The van der Waals surface area contributed by atoms with Crippen LogP contribution in [0.15, 0.2) is 30.5 Å². The Hall–Kier alpha value is -1.92. The number of hydrogen-bond donors (Lipinski definition) is 1. The first-order valence-electron chi connectivity index (χ1n) is 6.12. The van der Waals surface area contributed by atoms with Crippen LogP contribution in [-0.4, -0.2) is 48.0 Å². The molecule has 0 saturated carbocycles. The summed E-state index contributed by atoms with van der Waals surface area (Å²) in [5.74, 6) is -0.239. The standard InChI is InChI=1S/C13H14ClN3O3/c14-10-1-2-11(15-9-10)16-12(18)3-4-13(19)17-5-7-20-8-6-17/h1-4,9H,5-8H2,(H,15,16,18). The van der Waals surface area contributed by atoms with Crippen molar-refractivity contribution in [1.82, 2.24) is 9.88 Å². The molecule has 106 valence electrons. The second kappa shape index (κ2) is 7.02. The molecule has 2 amide bonds. The molecule has 1 N–H and O–H groups in total. The summed E-state index contributed by atoms with van der Waals surface area (Å²) in [6, 6.07) is 3.20. The lowest BCUT2D eigenvalue weighted by Gasteiger charge is -2.25. The lowest BCUT2D eigenvalue weighted by atomic mass is 10.3. The SMILES string of the molecule is O=C(C=CC(=O)N1CCOCC1)Nc1ccc(Cl)cn1. The van der Waals surface area contributed by atoms with E-state index < -0.39 is 5.91 Å². The van der Waals surface area contributed by atoms with Gasteiger partial charge in [-0.3, -0.25) is 9.59 Å². The number of hydrogen-bond acceptors (Lipinski definition) is 4. The van der Waals surface area contributed by atoms with Gasteiger partial charge in [-0.15, -0.1) is 0 Å². The minimum absolute atomic E-state index is 0.201. The quantitative estimate of drug-likeness (QED) is 0.847. The number of nitrogens with zero attached hydrogens (tertiary/aromatic N) is 2. The van der Waals surface area contributed by atoms with Crippen LogP contribution in [0.25, 0.3) is 0 Å². The number of amides is 2. The Bertz CT molecular complexity index is 510. The average Bonchev–Trinajstić information content (AvgIpc) is 2.48. The predicted octanol–water partition coefficient (Wildman–Crippen LogP) is 1.09. The van der Waals surface area contributed by atoms with Gasteiger partial charge in [0, 0.05) is 31.4 Å². The number of ether oxygens (including phenoxy) is 1. The summed E-state index contributed by atoms with van der Waals surface area (Å²) in [6.07, 6.45) is 3.87. The minimum atomic E-state index is -0.415. The van der Waals surface area contributed by atoms with Crippen LogP contribution in [0, 0.1) is 0 Å². The van der Waals surface area contributed by atoms with Gasteiger partial charge >= 0.3 is 0 Å². The number of nitrogens with one attached hydrogen (secondary N) is 1. The molecule has 20 heavy (non-hydrogen) atoms. The molecule has 7 heteroatoms. The van der Waals surface area contributed by atoms with Gasteiger partial charge in [0.2, 0.25) is 11.8 Å². The number of anilines is 1. The maximum absolute atomic E-state index is 11.8. The van der Waals surface area contributed by atoms with Crippen molar-refractivity contribution in [2.75, 3.05) is 31.6 Å². The average molecular weight is 296 g/mol. The lowest BCUT2D eigenvalue weighted by Crippen LogP contribution is -2.39. The van der Waals surface area contributed by atoms with Crippen molar-refractivity contribution in [2.45, 2.75) is 0 Å². The Kier molecular flexibility index (Phi) is 5.09. The fourth-order valence-corrected chi connectivity index (χ4v) is 1.77. The summed E-state index contributed by atoms with van der Waals surface area (Å²) in [5.41, 5.74) is 0. The second-order valence-electron chi connectivity index (χ2n) is 4.12. The first kappa shape index (κ1) is 14.5. The first-order chi connectivity index (χ1) is 9.65. The van der Waals surface area contributed by atoms with Gasteiger partial charge < -0.3 is 15.0 Å². The van der Waals surface area contributed by atoms with E-state index in [4.69, 9.17) is 16.3 Å². The van der Waals surface area contributed by atoms with Gasteiger partial charge in [-0.25, -0.2) is 4.98 Å². The van der Waals surface area contributed by atoms with Crippen molar-refractivity contribution in [1.29, 1.82) is 0 Å². The zero-order chi connectivity index (χ0) is 14.4. The number of carbonyl (C=O) groups is 2. The van der Waals surface area contributed by atoms with Crippen LogP contribution in [-0.2, 0) is 14.3 Å². The Morgan fingerprint density at radius 1 is 1.30 bits per heavy atom. The molecule has 2 heterocycles.